The highest BCUT2D eigenvalue weighted by Crippen LogP contribution is 2.23. The molecule has 0 fully saturated rings. The smallest absolute Gasteiger partial charge is 0.194 e. The Bertz CT molecular complexity index is 535. The minimum absolute atomic E-state index is 0.0403. The van der Waals surface area contributed by atoms with E-state index < -0.39 is 0 Å². The monoisotopic (exact) mass is 318 g/mol. The summed E-state index contributed by atoms with van der Waals surface area (Å²) in [4.78, 5) is 12.6. The van der Waals surface area contributed by atoms with Crippen molar-refractivity contribution in [3.8, 4) is 0 Å². The summed E-state index contributed by atoms with van der Waals surface area (Å²) in [6.45, 7) is 2.07. The van der Waals surface area contributed by atoms with Crippen molar-refractivity contribution in [2.45, 2.75) is 13.5 Å². The molecule has 0 saturated carbocycles. The fraction of sp³-hybridized carbons (Fsp3) is 0.200. The first kappa shape index (κ1) is 11.8. The van der Waals surface area contributed by atoms with E-state index in [0.717, 1.165) is 14.4 Å². The van der Waals surface area contributed by atoms with Gasteiger partial charge in [0.15, 0.2) is 5.78 Å². The van der Waals surface area contributed by atoms with Crippen molar-refractivity contribution in [3.63, 3.8) is 0 Å². The van der Waals surface area contributed by atoms with Crippen LogP contribution in [0.5, 0.6) is 0 Å². The average molecular weight is 320 g/mol. The Hall–Kier alpha value is -0.650. The summed E-state index contributed by atoms with van der Waals surface area (Å²) in [5, 5.41) is 4.63. The quantitative estimate of drug-likeness (QED) is 0.811. The molecule has 0 aromatic carbocycles. The summed E-state index contributed by atoms with van der Waals surface area (Å²) in [6.07, 6.45) is 1.55. The van der Waals surface area contributed by atoms with Crippen LogP contribution in [0.1, 0.15) is 15.4 Å². The second-order valence-electron chi connectivity index (χ2n) is 3.26. The highest BCUT2D eigenvalue weighted by atomic mass is 79.9. The van der Waals surface area contributed by atoms with E-state index in [0.29, 0.717) is 5.02 Å². The van der Waals surface area contributed by atoms with E-state index in [1.807, 2.05) is 13.0 Å². The number of carbonyl (C=O) groups excluding carboxylic acids is 1. The van der Waals surface area contributed by atoms with Gasteiger partial charge in [0.05, 0.1) is 25.6 Å². The largest absolute Gasteiger partial charge is 0.291 e. The molecular formula is C10H8BrClN2OS. The van der Waals surface area contributed by atoms with Crippen LogP contribution in [0.2, 0.25) is 5.02 Å². The van der Waals surface area contributed by atoms with Gasteiger partial charge in [-0.15, -0.1) is 11.3 Å². The Kier molecular flexibility index (Phi) is 3.47. The number of nitrogens with zero attached hydrogens (tertiary/aromatic N) is 2. The van der Waals surface area contributed by atoms with Crippen molar-refractivity contribution in [2.24, 2.45) is 0 Å². The Labute approximate surface area is 110 Å². The van der Waals surface area contributed by atoms with Gasteiger partial charge < -0.3 is 0 Å². The van der Waals surface area contributed by atoms with Gasteiger partial charge >= 0.3 is 0 Å². The number of Topliss-reactive ketones (excluding diaryl/α,β-unsaturated/α-hetero) is 1. The third-order valence-corrected chi connectivity index (χ3v) is 4.22. The zero-order chi connectivity index (χ0) is 11.7. The topological polar surface area (TPSA) is 34.9 Å². The molecule has 0 N–H and O–H groups in total. The van der Waals surface area contributed by atoms with Gasteiger partial charge in [0.1, 0.15) is 6.54 Å². The molecule has 0 aliphatic rings. The van der Waals surface area contributed by atoms with E-state index in [-0.39, 0.29) is 12.3 Å². The van der Waals surface area contributed by atoms with Gasteiger partial charge in [-0.3, -0.25) is 9.48 Å². The van der Waals surface area contributed by atoms with Crippen LogP contribution >= 0.6 is 38.9 Å². The van der Waals surface area contributed by atoms with Crippen LogP contribution < -0.4 is 0 Å². The van der Waals surface area contributed by atoms with Gasteiger partial charge in [-0.05, 0) is 35.0 Å². The van der Waals surface area contributed by atoms with E-state index >= 15 is 0 Å². The van der Waals surface area contributed by atoms with Crippen molar-refractivity contribution in [1.29, 1.82) is 0 Å². The molecule has 0 spiro atoms. The Morgan fingerprint density at radius 2 is 2.38 bits per heavy atom. The molecule has 2 rings (SSSR count). The molecular weight excluding hydrogens is 312 g/mol. The predicted octanol–water partition coefficient (Wildman–Crippen LogP) is 3.55. The van der Waals surface area contributed by atoms with Crippen LogP contribution in [0.4, 0.5) is 0 Å². The van der Waals surface area contributed by atoms with Gasteiger partial charge in [0, 0.05) is 0 Å². The number of hydrogen-bond donors (Lipinski definition) is 0. The first-order chi connectivity index (χ1) is 7.58. The molecule has 16 heavy (non-hydrogen) atoms. The van der Waals surface area contributed by atoms with Gasteiger partial charge in [0.2, 0.25) is 0 Å². The number of hydrogen-bond acceptors (Lipinski definition) is 3. The van der Waals surface area contributed by atoms with Crippen LogP contribution in [0.3, 0.4) is 0 Å². The number of carbonyl (C=O) groups is 1. The minimum Gasteiger partial charge on any atom is -0.291 e. The molecule has 84 valence electrons. The SMILES string of the molecule is Cc1c(Cl)cnn1CC(=O)c1ccc(Br)s1. The molecule has 0 bridgehead atoms. The zero-order valence-corrected chi connectivity index (χ0v) is 11.6. The normalized spacial score (nSPS) is 10.7. The van der Waals surface area contributed by atoms with Crippen molar-refractivity contribution >= 4 is 44.7 Å². The number of aromatic nitrogens is 2. The number of rotatable bonds is 3. The Morgan fingerprint density at radius 1 is 1.62 bits per heavy atom. The summed E-state index contributed by atoms with van der Waals surface area (Å²) >= 11 is 10.6. The highest BCUT2D eigenvalue weighted by molar-refractivity contribution is 9.11. The molecule has 0 aliphatic heterocycles. The van der Waals surface area contributed by atoms with Crippen LogP contribution in [-0.2, 0) is 6.54 Å². The lowest BCUT2D eigenvalue weighted by Gasteiger charge is -2.01. The van der Waals surface area contributed by atoms with Crippen molar-refractivity contribution in [2.75, 3.05) is 0 Å². The highest BCUT2D eigenvalue weighted by Gasteiger charge is 2.12. The van der Waals surface area contributed by atoms with Crippen molar-refractivity contribution in [3.05, 3.63) is 37.7 Å². The molecule has 2 aromatic rings. The van der Waals surface area contributed by atoms with Gasteiger partial charge in [-0.1, -0.05) is 11.6 Å². The van der Waals surface area contributed by atoms with Gasteiger partial charge in [-0.25, -0.2) is 0 Å². The Balaban J connectivity index is 2.17. The average Bonchev–Trinajstić information content (AvgIpc) is 2.79. The van der Waals surface area contributed by atoms with Crippen LogP contribution in [-0.4, -0.2) is 15.6 Å². The molecule has 0 atom stereocenters. The van der Waals surface area contributed by atoms with E-state index in [2.05, 4.69) is 21.0 Å². The molecule has 0 amide bonds. The minimum atomic E-state index is 0.0403. The molecule has 0 aliphatic carbocycles. The number of ketones is 1. The lowest BCUT2D eigenvalue weighted by Crippen LogP contribution is -2.11. The lowest BCUT2D eigenvalue weighted by atomic mass is 10.3. The second kappa shape index (κ2) is 4.69. The van der Waals surface area contributed by atoms with Crippen LogP contribution in [0.25, 0.3) is 0 Å². The summed E-state index contributed by atoms with van der Waals surface area (Å²) in [5.41, 5.74) is 0.811. The maximum Gasteiger partial charge on any atom is 0.194 e. The van der Waals surface area contributed by atoms with Crippen LogP contribution in [0, 0.1) is 6.92 Å². The first-order valence-corrected chi connectivity index (χ1v) is 6.53. The maximum absolute atomic E-state index is 11.9. The van der Waals surface area contributed by atoms with Crippen LogP contribution in [0.15, 0.2) is 22.1 Å². The zero-order valence-electron chi connectivity index (χ0n) is 8.41. The fourth-order valence-corrected chi connectivity index (χ4v) is 2.72. The van der Waals surface area contributed by atoms with Crippen molar-refractivity contribution < 1.29 is 4.79 Å². The summed E-state index contributed by atoms with van der Waals surface area (Å²) in [6, 6.07) is 3.67. The molecule has 6 heteroatoms. The lowest BCUT2D eigenvalue weighted by molar-refractivity contribution is 0.0971. The van der Waals surface area contributed by atoms with E-state index in [1.165, 1.54) is 11.3 Å². The molecule has 0 radical (unpaired) electrons. The summed E-state index contributed by atoms with van der Waals surface area (Å²) < 4.78 is 2.56. The predicted molar refractivity (Wildman–Crippen MR) is 68.3 cm³/mol. The molecule has 2 aromatic heterocycles. The van der Waals surface area contributed by atoms with E-state index in [1.54, 1.807) is 16.9 Å². The second-order valence-corrected chi connectivity index (χ2v) is 6.13. The van der Waals surface area contributed by atoms with Gasteiger partial charge in [-0.2, -0.15) is 5.10 Å². The van der Waals surface area contributed by atoms with Gasteiger partial charge in [0.25, 0.3) is 0 Å². The molecule has 2 heterocycles. The van der Waals surface area contributed by atoms with E-state index in [9.17, 15) is 4.79 Å². The fourth-order valence-electron chi connectivity index (χ4n) is 1.26. The molecule has 0 saturated heterocycles. The standard InChI is InChI=1S/C10H8BrClN2OS/c1-6-7(12)4-13-14(6)5-8(15)9-2-3-10(11)16-9/h2-4H,5H2,1H3. The number of thiophene rings is 1. The number of halogens is 2. The molecule has 0 unspecified atom stereocenters. The molecule has 3 nitrogen and oxygen atoms in total. The summed E-state index contributed by atoms with van der Waals surface area (Å²) in [5.74, 6) is 0.0403. The first-order valence-electron chi connectivity index (χ1n) is 4.54. The Morgan fingerprint density at radius 3 is 2.88 bits per heavy atom. The van der Waals surface area contributed by atoms with E-state index in [4.69, 9.17) is 11.6 Å². The summed E-state index contributed by atoms with van der Waals surface area (Å²) in [7, 11) is 0. The maximum atomic E-state index is 11.9. The third kappa shape index (κ3) is 2.36. The van der Waals surface area contributed by atoms with Crippen molar-refractivity contribution in [1.82, 2.24) is 9.78 Å². The third-order valence-electron chi connectivity index (χ3n) is 2.18.